The quantitative estimate of drug-likeness (QED) is 0.0752. The summed E-state index contributed by atoms with van der Waals surface area (Å²) in [5.41, 5.74) is 17.4. The first-order chi connectivity index (χ1) is 31.4. The van der Waals surface area contributed by atoms with Crippen LogP contribution < -0.4 is 38.5 Å². The molecule has 0 aliphatic carbocycles. The monoisotopic (exact) mass is 937 g/mol. The van der Waals surface area contributed by atoms with E-state index in [0.29, 0.717) is 62.1 Å². The number of guanidine groups is 1. The molecule has 6 atom stereocenters. The minimum absolute atomic E-state index is 0.0104. The van der Waals surface area contributed by atoms with Gasteiger partial charge in [-0.15, -0.1) is 0 Å². The number of nitrogens with zero attached hydrogens (tertiary/aromatic N) is 2. The molecule has 2 fully saturated rings. The van der Waals surface area contributed by atoms with Crippen molar-refractivity contribution in [1.82, 2.24) is 26.2 Å². The van der Waals surface area contributed by atoms with Crippen LogP contribution in [0.15, 0.2) is 53.5 Å². The molecule has 20 heteroatoms. The molecule has 6 amide bonds. The number of halogens is 1. The Labute approximate surface area is 388 Å². The summed E-state index contributed by atoms with van der Waals surface area (Å²) in [6.07, 6.45) is 1.35. The smallest absolute Gasteiger partial charge is 0.243 e. The minimum Gasteiger partial charge on any atom is -0.508 e. The second kappa shape index (κ2) is 26.2. The van der Waals surface area contributed by atoms with Crippen LogP contribution in [0.4, 0.5) is 4.39 Å². The number of nitrogens with one attached hydrogen (secondary N) is 4. The number of Topliss-reactive ketones (excluding diaryl/α,β-unsaturated/α-hetero) is 2. The lowest BCUT2D eigenvalue weighted by Crippen LogP contribution is -2.58. The lowest BCUT2D eigenvalue weighted by Gasteiger charge is -2.30. The van der Waals surface area contributed by atoms with Crippen LogP contribution in [-0.2, 0) is 51.2 Å². The third-order valence-electron chi connectivity index (χ3n) is 11.5. The van der Waals surface area contributed by atoms with Gasteiger partial charge in [-0.3, -0.25) is 43.3 Å². The number of phenolic OH excluding ortho intramolecular Hbond substituents is 1. The summed E-state index contributed by atoms with van der Waals surface area (Å²) in [4.78, 5) is 116. The van der Waals surface area contributed by atoms with E-state index in [4.69, 9.17) is 17.2 Å². The Morgan fingerprint density at radius 1 is 0.864 bits per heavy atom. The van der Waals surface area contributed by atoms with Crippen LogP contribution in [0.2, 0.25) is 0 Å². The fourth-order valence-electron chi connectivity index (χ4n) is 7.91. The van der Waals surface area contributed by atoms with Gasteiger partial charge in [0.1, 0.15) is 35.5 Å². The predicted molar refractivity (Wildman–Crippen MR) is 247 cm³/mol. The van der Waals surface area contributed by atoms with Crippen molar-refractivity contribution >= 4 is 64.7 Å². The molecule has 0 bridgehead atoms. The molecule has 2 aliphatic heterocycles. The SMILES string of the molecule is CC(C)[C@@H]1NC(=O)[C@H](Cc2ccc(F)cc2)NC(=O)[C@H](Cc2ccc(O)cc2)CC(=O)CCCSC[C@@H](C(=O)N2CCC[C@H]2C(=O)NCCCCN=C(N)N)CC(=O)[C@H](CC(N)=O)NC1=O. The van der Waals surface area contributed by atoms with E-state index in [0.717, 1.165) is 0 Å². The molecule has 2 saturated heterocycles. The van der Waals surface area contributed by atoms with Crippen LogP contribution in [0.25, 0.3) is 0 Å². The maximum atomic E-state index is 14.4. The highest BCUT2D eigenvalue weighted by molar-refractivity contribution is 7.99. The average Bonchev–Trinajstić information content (AvgIpc) is 3.76. The van der Waals surface area contributed by atoms with Crippen LogP contribution in [0, 0.1) is 23.6 Å². The number of amides is 6. The summed E-state index contributed by atoms with van der Waals surface area (Å²) >= 11 is 1.33. The Morgan fingerprint density at radius 3 is 2.20 bits per heavy atom. The summed E-state index contributed by atoms with van der Waals surface area (Å²) in [6, 6.07) is 6.57. The van der Waals surface area contributed by atoms with Crippen LogP contribution in [0.3, 0.4) is 0 Å². The number of hydrogen-bond acceptors (Lipinski definition) is 11. The highest BCUT2D eigenvalue weighted by Crippen LogP contribution is 2.26. The Balaban J connectivity index is 1.64. The molecular formula is C46H64FN9O9S. The van der Waals surface area contributed by atoms with E-state index >= 15 is 0 Å². The van der Waals surface area contributed by atoms with Gasteiger partial charge in [0.25, 0.3) is 0 Å². The van der Waals surface area contributed by atoms with Crippen molar-refractivity contribution in [3.05, 3.63) is 65.5 Å². The number of phenols is 1. The Kier molecular flexibility index (Phi) is 20.9. The Morgan fingerprint density at radius 2 is 1.53 bits per heavy atom. The molecule has 2 aromatic carbocycles. The highest BCUT2D eigenvalue weighted by Gasteiger charge is 2.39. The lowest BCUT2D eigenvalue weighted by molar-refractivity contribution is -0.142. The van der Waals surface area contributed by atoms with E-state index < -0.39 is 95.9 Å². The minimum atomic E-state index is -1.48. The molecule has 0 unspecified atom stereocenters. The van der Waals surface area contributed by atoms with Crippen LogP contribution in [0.5, 0.6) is 5.75 Å². The van der Waals surface area contributed by atoms with Gasteiger partial charge in [0.2, 0.25) is 35.4 Å². The normalized spacial score (nSPS) is 23.0. The van der Waals surface area contributed by atoms with Crippen molar-refractivity contribution < 1.29 is 47.9 Å². The summed E-state index contributed by atoms with van der Waals surface area (Å²) in [6.45, 7) is 4.28. The zero-order valence-electron chi connectivity index (χ0n) is 37.6. The van der Waals surface area contributed by atoms with Crippen LogP contribution in [0.1, 0.15) is 82.8 Å². The predicted octanol–water partition coefficient (Wildman–Crippen LogP) is 1.14. The summed E-state index contributed by atoms with van der Waals surface area (Å²) < 4.78 is 13.9. The molecule has 0 spiro atoms. The molecule has 11 N–H and O–H groups in total. The molecule has 66 heavy (non-hydrogen) atoms. The number of benzene rings is 2. The van der Waals surface area contributed by atoms with E-state index in [-0.39, 0.29) is 61.4 Å². The first-order valence-electron chi connectivity index (χ1n) is 22.4. The van der Waals surface area contributed by atoms with E-state index in [1.54, 1.807) is 26.0 Å². The molecule has 4 rings (SSSR count). The van der Waals surface area contributed by atoms with E-state index in [1.807, 2.05) is 0 Å². The number of hydrogen-bond donors (Lipinski definition) is 8. The van der Waals surface area contributed by atoms with Crippen LogP contribution >= 0.6 is 11.8 Å². The van der Waals surface area contributed by atoms with Gasteiger partial charge in [0.05, 0.1) is 18.4 Å². The first-order valence-corrected chi connectivity index (χ1v) is 23.5. The van der Waals surface area contributed by atoms with Gasteiger partial charge in [-0.1, -0.05) is 38.1 Å². The molecule has 0 aromatic heterocycles. The van der Waals surface area contributed by atoms with Gasteiger partial charge >= 0.3 is 0 Å². The molecule has 2 heterocycles. The van der Waals surface area contributed by atoms with Crippen molar-refractivity contribution in [3.63, 3.8) is 0 Å². The number of nitrogens with two attached hydrogens (primary N) is 3. The standard InChI is InChI=1S/C46H64FN9O9S/c1-27(2)40-44(64)53-35(25-39(48)60)38(59)24-31(45(65)56-19-5-8-37(56)43(63)51-17-3-4-18-52-46(49)50)26-66-20-6-7-34(58)23-30(21-28-11-15-33(57)16-12-28)41(61)54-36(42(62)55-40)22-29-9-13-32(47)14-10-29/h9-16,27,30-31,35-37,40,57H,3-8,17-26H2,1-2H3,(H2,48,60)(H,51,63)(H,53,64)(H,54,61)(H,55,62)(H4,49,50,52)/t30-,31+,35+,36+,37+,40+/m1/s1. The number of carbonyl (C=O) groups excluding carboxylic acids is 8. The van der Waals surface area contributed by atoms with Gasteiger partial charge in [0, 0.05) is 57.0 Å². The fraction of sp³-hybridized carbons (Fsp3) is 0.543. The van der Waals surface area contributed by atoms with Crippen molar-refractivity contribution in [2.24, 2.45) is 39.9 Å². The average molecular weight is 938 g/mol. The number of rotatable bonds is 14. The number of aromatic hydroxyl groups is 1. The van der Waals surface area contributed by atoms with E-state index in [2.05, 4.69) is 26.3 Å². The summed E-state index contributed by atoms with van der Waals surface area (Å²) in [5.74, 6) is -7.43. The number of carbonyl (C=O) groups is 8. The fourth-order valence-corrected chi connectivity index (χ4v) is 8.97. The number of ketones is 2. The molecule has 0 radical (unpaired) electrons. The summed E-state index contributed by atoms with van der Waals surface area (Å²) in [5, 5.41) is 20.8. The molecule has 0 saturated carbocycles. The maximum absolute atomic E-state index is 14.4. The highest BCUT2D eigenvalue weighted by atomic mass is 32.2. The van der Waals surface area contributed by atoms with E-state index in [1.165, 1.54) is 53.1 Å². The van der Waals surface area contributed by atoms with Crippen molar-refractivity contribution in [3.8, 4) is 5.75 Å². The van der Waals surface area contributed by atoms with Gasteiger partial charge in [-0.2, -0.15) is 11.8 Å². The molecular weight excluding hydrogens is 874 g/mol. The molecule has 2 aromatic rings. The van der Waals surface area contributed by atoms with Crippen LogP contribution in [-0.4, -0.2) is 118 Å². The molecule has 18 nitrogen and oxygen atoms in total. The Bertz CT molecular complexity index is 2050. The van der Waals surface area contributed by atoms with Crippen molar-refractivity contribution in [1.29, 1.82) is 0 Å². The topological polar surface area (TPSA) is 299 Å². The first kappa shape index (κ1) is 52.6. The van der Waals surface area contributed by atoms with Crippen molar-refractivity contribution in [2.45, 2.75) is 109 Å². The largest absolute Gasteiger partial charge is 0.508 e. The summed E-state index contributed by atoms with van der Waals surface area (Å²) in [7, 11) is 0. The molecule has 360 valence electrons. The van der Waals surface area contributed by atoms with Gasteiger partial charge in [-0.25, -0.2) is 4.39 Å². The lowest BCUT2D eigenvalue weighted by atomic mass is 9.91. The van der Waals surface area contributed by atoms with Gasteiger partial charge in [0.15, 0.2) is 11.7 Å². The Hall–Kier alpha value is -6.05. The zero-order valence-corrected chi connectivity index (χ0v) is 38.4. The molecule has 2 aliphatic rings. The van der Waals surface area contributed by atoms with E-state index in [9.17, 15) is 47.9 Å². The number of unbranched alkanes of at least 4 members (excludes halogenated alkanes) is 1. The number of likely N-dealkylation sites (tertiary alicyclic amines) is 1. The zero-order chi connectivity index (χ0) is 48.3. The second-order valence-electron chi connectivity index (χ2n) is 17.2. The number of thioether (sulfide) groups is 1. The van der Waals surface area contributed by atoms with Gasteiger partial charge < -0.3 is 48.5 Å². The maximum Gasteiger partial charge on any atom is 0.243 e. The van der Waals surface area contributed by atoms with Crippen molar-refractivity contribution in [2.75, 3.05) is 31.1 Å². The third-order valence-corrected chi connectivity index (χ3v) is 12.7. The number of aliphatic imine (C=N–C) groups is 1. The second-order valence-corrected chi connectivity index (χ2v) is 18.4. The third kappa shape index (κ3) is 17.1. The van der Waals surface area contributed by atoms with Gasteiger partial charge in [-0.05, 0) is 85.6 Å². The number of primary amides is 1.